The first-order valence-electron chi connectivity index (χ1n) is 7.43. The monoisotopic (exact) mass is 352 g/mol. The number of hydrogen-bond acceptors (Lipinski definition) is 5. The van der Waals surface area contributed by atoms with E-state index >= 15 is 0 Å². The van der Waals surface area contributed by atoms with Gasteiger partial charge in [-0.15, -0.1) is 23.7 Å². The fourth-order valence-electron chi connectivity index (χ4n) is 2.50. The number of anilines is 1. The zero-order valence-electron chi connectivity index (χ0n) is 13.0. The highest BCUT2D eigenvalue weighted by Crippen LogP contribution is 2.29. The van der Waals surface area contributed by atoms with E-state index in [2.05, 4.69) is 39.5 Å². The van der Waals surface area contributed by atoms with Gasteiger partial charge in [-0.2, -0.15) is 0 Å². The second kappa shape index (κ2) is 7.88. The van der Waals surface area contributed by atoms with Crippen LogP contribution in [0.3, 0.4) is 0 Å². The summed E-state index contributed by atoms with van der Waals surface area (Å²) in [6.07, 6.45) is 0.923. The summed E-state index contributed by atoms with van der Waals surface area (Å²) in [6.45, 7) is 4.49. The molecule has 2 aromatic rings. The molecule has 7 heteroatoms. The van der Waals surface area contributed by atoms with Gasteiger partial charge in [-0.1, -0.05) is 30.3 Å². The minimum Gasteiger partial charge on any atom is -0.320 e. The summed E-state index contributed by atoms with van der Waals surface area (Å²) in [5.74, 6) is -0.188. The van der Waals surface area contributed by atoms with E-state index in [1.807, 2.05) is 6.07 Å². The van der Waals surface area contributed by atoms with Crippen molar-refractivity contribution in [2.24, 2.45) is 5.73 Å². The molecule has 0 spiro atoms. The van der Waals surface area contributed by atoms with Crippen LogP contribution >= 0.6 is 23.7 Å². The third kappa shape index (κ3) is 4.51. The first-order chi connectivity index (χ1) is 10.6. The standard InChI is InChI=1S/C16H20N4OS.ClH/c1-11(17)15(21)19-16-18-13-7-8-20(10-14(13)22-16)9-12-5-3-2-4-6-12;/h2-6,11H,7-10,17H2,1H3,(H,18,19,21);1H. The van der Waals surface area contributed by atoms with Crippen LogP contribution in [0.1, 0.15) is 23.1 Å². The lowest BCUT2D eigenvalue weighted by molar-refractivity contribution is -0.117. The molecule has 0 fully saturated rings. The normalized spacial score (nSPS) is 15.4. The van der Waals surface area contributed by atoms with Gasteiger partial charge in [0.05, 0.1) is 11.7 Å². The second-order valence-corrected chi connectivity index (χ2v) is 6.70. The molecule has 0 aliphatic carbocycles. The van der Waals surface area contributed by atoms with Crippen molar-refractivity contribution in [1.29, 1.82) is 0 Å². The summed E-state index contributed by atoms with van der Waals surface area (Å²) in [7, 11) is 0. The predicted octanol–water partition coefficient (Wildman–Crippen LogP) is 2.41. The smallest absolute Gasteiger partial charge is 0.242 e. The number of hydrogen-bond donors (Lipinski definition) is 2. The van der Waals surface area contributed by atoms with Gasteiger partial charge >= 0.3 is 0 Å². The van der Waals surface area contributed by atoms with E-state index in [0.717, 1.165) is 31.7 Å². The van der Waals surface area contributed by atoms with Crippen LogP contribution in [0.25, 0.3) is 0 Å². The van der Waals surface area contributed by atoms with Crippen LogP contribution in [-0.4, -0.2) is 28.4 Å². The highest BCUT2D eigenvalue weighted by atomic mass is 35.5. The highest BCUT2D eigenvalue weighted by Gasteiger charge is 2.21. The largest absolute Gasteiger partial charge is 0.320 e. The highest BCUT2D eigenvalue weighted by molar-refractivity contribution is 7.15. The minimum atomic E-state index is -0.518. The molecule has 0 saturated carbocycles. The summed E-state index contributed by atoms with van der Waals surface area (Å²) in [5, 5.41) is 3.45. The van der Waals surface area contributed by atoms with Crippen molar-refractivity contribution in [3.05, 3.63) is 46.5 Å². The van der Waals surface area contributed by atoms with E-state index in [1.54, 1.807) is 18.3 Å². The van der Waals surface area contributed by atoms with Crippen molar-refractivity contribution in [1.82, 2.24) is 9.88 Å². The molecule has 1 amide bonds. The minimum absolute atomic E-state index is 0. The molecule has 1 aliphatic rings. The number of halogens is 1. The SMILES string of the molecule is CC(N)C(=O)Nc1nc2c(s1)CN(Cc1ccccc1)CC2.Cl. The summed E-state index contributed by atoms with van der Waals surface area (Å²) in [6, 6.07) is 9.95. The predicted molar refractivity (Wildman–Crippen MR) is 95.9 cm³/mol. The Morgan fingerprint density at radius 1 is 1.43 bits per heavy atom. The van der Waals surface area contributed by atoms with Crippen LogP contribution < -0.4 is 11.1 Å². The van der Waals surface area contributed by atoms with Gasteiger partial charge in [-0.25, -0.2) is 4.98 Å². The number of carbonyl (C=O) groups is 1. The first kappa shape index (κ1) is 17.9. The molecule has 0 radical (unpaired) electrons. The summed E-state index contributed by atoms with van der Waals surface area (Å²) < 4.78 is 0. The van der Waals surface area contributed by atoms with Gasteiger partial charge in [0, 0.05) is 30.9 Å². The molecular formula is C16H21ClN4OS. The summed E-state index contributed by atoms with van der Waals surface area (Å²) >= 11 is 1.56. The molecule has 3 rings (SSSR count). The lowest BCUT2D eigenvalue weighted by atomic mass is 10.1. The lowest BCUT2D eigenvalue weighted by Gasteiger charge is -2.25. The van der Waals surface area contributed by atoms with Gasteiger partial charge in [0.1, 0.15) is 0 Å². The molecule has 2 heterocycles. The average Bonchev–Trinajstić information content (AvgIpc) is 2.89. The van der Waals surface area contributed by atoms with E-state index in [4.69, 9.17) is 5.73 Å². The third-order valence-corrected chi connectivity index (χ3v) is 4.70. The maximum atomic E-state index is 11.7. The molecule has 1 atom stereocenters. The fraction of sp³-hybridized carbons (Fsp3) is 0.375. The van der Waals surface area contributed by atoms with Crippen LogP contribution in [0, 0.1) is 0 Å². The maximum Gasteiger partial charge on any atom is 0.242 e. The summed E-state index contributed by atoms with van der Waals surface area (Å²) in [4.78, 5) is 19.8. The van der Waals surface area contributed by atoms with Crippen molar-refractivity contribution < 1.29 is 4.79 Å². The van der Waals surface area contributed by atoms with Crippen LogP contribution in [0.5, 0.6) is 0 Å². The lowest BCUT2D eigenvalue weighted by Crippen LogP contribution is -2.32. The molecule has 0 saturated heterocycles. The Labute approximate surface area is 146 Å². The topological polar surface area (TPSA) is 71.2 Å². The molecule has 1 aromatic heterocycles. The molecule has 0 bridgehead atoms. The number of carbonyl (C=O) groups excluding carboxylic acids is 1. The Hall–Kier alpha value is -1.47. The number of nitrogens with zero attached hydrogens (tertiary/aromatic N) is 2. The number of nitrogens with two attached hydrogens (primary N) is 1. The average molecular weight is 353 g/mol. The Kier molecular flexibility index (Phi) is 6.12. The Morgan fingerprint density at radius 3 is 2.87 bits per heavy atom. The van der Waals surface area contributed by atoms with Crippen LogP contribution in [0.4, 0.5) is 5.13 Å². The number of aromatic nitrogens is 1. The van der Waals surface area contributed by atoms with Crippen molar-refractivity contribution in [3.63, 3.8) is 0 Å². The van der Waals surface area contributed by atoms with E-state index < -0.39 is 6.04 Å². The molecule has 1 aliphatic heterocycles. The van der Waals surface area contributed by atoms with E-state index in [1.165, 1.54) is 10.4 Å². The number of benzene rings is 1. The number of rotatable bonds is 4. The van der Waals surface area contributed by atoms with Crippen molar-refractivity contribution >= 4 is 34.8 Å². The quantitative estimate of drug-likeness (QED) is 0.886. The van der Waals surface area contributed by atoms with Gasteiger partial charge in [0.15, 0.2) is 5.13 Å². The zero-order valence-corrected chi connectivity index (χ0v) is 14.6. The summed E-state index contributed by atoms with van der Waals surface area (Å²) in [5.41, 5.74) is 8.00. The maximum absolute atomic E-state index is 11.7. The van der Waals surface area contributed by atoms with E-state index in [-0.39, 0.29) is 18.3 Å². The van der Waals surface area contributed by atoms with Crippen molar-refractivity contribution in [2.45, 2.75) is 32.5 Å². The molecule has 124 valence electrons. The van der Waals surface area contributed by atoms with Gasteiger partial charge < -0.3 is 11.1 Å². The fourth-order valence-corrected chi connectivity index (χ4v) is 3.55. The van der Waals surface area contributed by atoms with Gasteiger partial charge in [-0.05, 0) is 12.5 Å². The Bertz CT molecular complexity index is 659. The number of amides is 1. The number of thiazole rings is 1. The van der Waals surface area contributed by atoms with E-state index in [9.17, 15) is 4.79 Å². The van der Waals surface area contributed by atoms with Crippen LogP contribution in [0.2, 0.25) is 0 Å². The molecule has 1 aromatic carbocycles. The molecule has 3 N–H and O–H groups in total. The van der Waals surface area contributed by atoms with Crippen molar-refractivity contribution in [3.8, 4) is 0 Å². The Balaban J connectivity index is 0.00000192. The van der Waals surface area contributed by atoms with Crippen LogP contribution in [0.15, 0.2) is 30.3 Å². The van der Waals surface area contributed by atoms with Crippen LogP contribution in [-0.2, 0) is 24.3 Å². The number of fused-ring (bicyclic) bond motifs is 1. The molecule has 5 nitrogen and oxygen atoms in total. The molecule has 23 heavy (non-hydrogen) atoms. The van der Waals surface area contributed by atoms with Gasteiger partial charge in [0.2, 0.25) is 5.91 Å². The molecular weight excluding hydrogens is 332 g/mol. The third-order valence-electron chi connectivity index (χ3n) is 3.70. The second-order valence-electron chi connectivity index (χ2n) is 5.61. The van der Waals surface area contributed by atoms with E-state index in [0.29, 0.717) is 5.13 Å². The molecule has 1 unspecified atom stereocenters. The van der Waals surface area contributed by atoms with Gasteiger partial charge in [-0.3, -0.25) is 9.69 Å². The zero-order chi connectivity index (χ0) is 15.5. The number of nitrogens with one attached hydrogen (secondary N) is 1. The Morgan fingerprint density at radius 2 is 2.17 bits per heavy atom. The van der Waals surface area contributed by atoms with Crippen molar-refractivity contribution in [2.75, 3.05) is 11.9 Å². The van der Waals surface area contributed by atoms with Gasteiger partial charge in [0.25, 0.3) is 0 Å². The first-order valence-corrected chi connectivity index (χ1v) is 8.25.